The molecule has 1 unspecified atom stereocenters. The number of anilines is 1. The van der Waals surface area contributed by atoms with Crippen LogP contribution in [-0.4, -0.2) is 47.7 Å². The molecule has 0 spiro atoms. The minimum atomic E-state index is -0.531. The van der Waals surface area contributed by atoms with Gasteiger partial charge in [0.1, 0.15) is 6.04 Å². The molecule has 1 atom stereocenters. The number of rotatable bonds is 6. The molecule has 1 aliphatic carbocycles. The van der Waals surface area contributed by atoms with Crippen LogP contribution in [0.25, 0.3) is 0 Å². The molecule has 168 valence electrons. The van der Waals surface area contributed by atoms with Crippen molar-refractivity contribution in [2.75, 3.05) is 19.4 Å². The third-order valence-electron chi connectivity index (χ3n) is 6.57. The lowest BCUT2D eigenvalue weighted by Crippen LogP contribution is -2.54. The summed E-state index contributed by atoms with van der Waals surface area (Å²) in [6.45, 7) is 2.34. The first-order valence-corrected chi connectivity index (χ1v) is 11.3. The normalized spacial score (nSPS) is 18.5. The molecule has 1 fully saturated rings. The molecule has 32 heavy (non-hydrogen) atoms. The summed E-state index contributed by atoms with van der Waals surface area (Å²) in [7, 11) is 3.47. The van der Waals surface area contributed by atoms with Crippen LogP contribution in [0.2, 0.25) is 0 Å². The van der Waals surface area contributed by atoms with Crippen LogP contribution < -0.4 is 5.32 Å². The van der Waals surface area contributed by atoms with E-state index in [0.29, 0.717) is 19.4 Å². The second-order valence-corrected chi connectivity index (χ2v) is 9.12. The van der Waals surface area contributed by atoms with Crippen molar-refractivity contribution in [1.29, 1.82) is 0 Å². The Balaban J connectivity index is 1.65. The summed E-state index contributed by atoms with van der Waals surface area (Å²) in [5.74, 6) is -0.0546. The predicted octanol–water partition coefficient (Wildman–Crippen LogP) is 3.50. The smallest absolute Gasteiger partial charge is 0.245 e. The first kappa shape index (κ1) is 22.1. The average molecular weight is 434 g/mol. The van der Waals surface area contributed by atoms with Gasteiger partial charge < -0.3 is 15.1 Å². The zero-order valence-corrected chi connectivity index (χ0v) is 19.1. The van der Waals surface area contributed by atoms with Gasteiger partial charge in [-0.3, -0.25) is 14.4 Å². The van der Waals surface area contributed by atoms with Crippen molar-refractivity contribution in [2.45, 2.75) is 57.0 Å². The van der Waals surface area contributed by atoms with Gasteiger partial charge in [0.15, 0.2) is 0 Å². The molecule has 0 saturated heterocycles. The quantitative estimate of drug-likeness (QED) is 0.758. The first-order valence-electron chi connectivity index (χ1n) is 11.3. The highest BCUT2D eigenvalue weighted by atomic mass is 16.2. The Morgan fingerprint density at radius 1 is 1.06 bits per heavy atom. The number of fused-ring (bicyclic) bond motifs is 1. The Labute approximate surface area is 189 Å². The monoisotopic (exact) mass is 433 g/mol. The van der Waals surface area contributed by atoms with E-state index >= 15 is 0 Å². The van der Waals surface area contributed by atoms with Crippen LogP contribution in [0.15, 0.2) is 48.5 Å². The zero-order chi connectivity index (χ0) is 22.9. The van der Waals surface area contributed by atoms with Crippen LogP contribution >= 0.6 is 0 Å². The molecule has 1 saturated carbocycles. The molecule has 1 N–H and O–H groups in total. The summed E-state index contributed by atoms with van der Waals surface area (Å²) in [5, 5.41) is 2.94. The van der Waals surface area contributed by atoms with E-state index < -0.39 is 11.5 Å². The average Bonchev–Trinajstić information content (AvgIpc) is 3.60. The number of carbonyl (C=O) groups excluding carboxylic acids is 3. The number of benzene rings is 2. The number of nitrogens with zero attached hydrogens (tertiary/aromatic N) is 2. The highest BCUT2D eigenvalue weighted by Crippen LogP contribution is 2.50. The molecule has 6 heteroatoms. The number of nitrogens with one attached hydrogen (secondary N) is 1. The Morgan fingerprint density at radius 3 is 2.41 bits per heavy atom. The molecule has 1 aliphatic heterocycles. The third-order valence-corrected chi connectivity index (χ3v) is 6.57. The summed E-state index contributed by atoms with van der Waals surface area (Å²) in [6.07, 6.45) is 3.34. The molecular weight excluding hydrogens is 402 g/mol. The number of amides is 3. The van der Waals surface area contributed by atoms with E-state index in [2.05, 4.69) is 5.32 Å². The maximum atomic E-state index is 13.9. The second kappa shape index (κ2) is 8.77. The first-order chi connectivity index (χ1) is 15.4. The molecule has 2 aromatic rings. The molecule has 4 rings (SSSR count). The van der Waals surface area contributed by atoms with Crippen LogP contribution in [-0.2, 0) is 32.8 Å². The number of hydrogen-bond donors (Lipinski definition) is 1. The van der Waals surface area contributed by atoms with Crippen molar-refractivity contribution >= 4 is 23.4 Å². The number of carbonyl (C=O) groups is 3. The minimum Gasteiger partial charge on any atom is -0.347 e. The fourth-order valence-corrected chi connectivity index (χ4v) is 4.63. The topological polar surface area (TPSA) is 69.7 Å². The van der Waals surface area contributed by atoms with Crippen molar-refractivity contribution in [3.63, 3.8) is 0 Å². The molecule has 2 aromatic carbocycles. The molecule has 0 bridgehead atoms. The van der Waals surface area contributed by atoms with E-state index in [4.69, 9.17) is 0 Å². The van der Waals surface area contributed by atoms with Crippen molar-refractivity contribution in [1.82, 2.24) is 9.80 Å². The zero-order valence-electron chi connectivity index (χ0n) is 19.1. The fraction of sp³-hybridized carbons (Fsp3) is 0.423. The summed E-state index contributed by atoms with van der Waals surface area (Å²) in [4.78, 5) is 42.3. The maximum Gasteiger partial charge on any atom is 0.245 e. The number of hydrogen-bond acceptors (Lipinski definition) is 3. The SMILES string of the molecule is CCCC(=O)Nc1ccc2c(c1)CN(C(=O)C1(c3ccccc3)CC1)C(C(=O)N(C)C)C2. The van der Waals surface area contributed by atoms with E-state index in [0.717, 1.165) is 41.6 Å². The van der Waals surface area contributed by atoms with E-state index in [-0.39, 0.29) is 17.7 Å². The van der Waals surface area contributed by atoms with Gasteiger partial charge in [0.25, 0.3) is 0 Å². The lowest BCUT2D eigenvalue weighted by Gasteiger charge is -2.39. The van der Waals surface area contributed by atoms with Gasteiger partial charge in [-0.1, -0.05) is 43.3 Å². The Bertz CT molecular complexity index is 1030. The van der Waals surface area contributed by atoms with Gasteiger partial charge >= 0.3 is 0 Å². The van der Waals surface area contributed by atoms with Crippen LogP contribution in [0.1, 0.15) is 49.3 Å². The molecular formula is C26H31N3O3. The molecule has 0 aromatic heterocycles. The Morgan fingerprint density at radius 2 is 1.78 bits per heavy atom. The van der Waals surface area contributed by atoms with Gasteiger partial charge in [0, 0.05) is 39.2 Å². The lowest BCUT2D eigenvalue weighted by atomic mass is 9.88. The van der Waals surface area contributed by atoms with Gasteiger partial charge in [-0.25, -0.2) is 0 Å². The number of likely N-dealkylation sites (N-methyl/N-ethyl adjacent to an activating group) is 1. The third kappa shape index (κ3) is 4.14. The molecule has 6 nitrogen and oxygen atoms in total. The molecule has 2 aliphatic rings. The van der Waals surface area contributed by atoms with Crippen LogP contribution in [0.5, 0.6) is 0 Å². The van der Waals surface area contributed by atoms with E-state index in [1.165, 1.54) is 0 Å². The summed E-state index contributed by atoms with van der Waals surface area (Å²) >= 11 is 0. The highest BCUT2D eigenvalue weighted by Gasteiger charge is 2.55. The van der Waals surface area contributed by atoms with Crippen molar-refractivity contribution in [3.05, 3.63) is 65.2 Å². The second-order valence-electron chi connectivity index (χ2n) is 9.12. The van der Waals surface area contributed by atoms with E-state index in [1.54, 1.807) is 23.9 Å². The maximum absolute atomic E-state index is 13.9. The van der Waals surface area contributed by atoms with Crippen molar-refractivity contribution in [3.8, 4) is 0 Å². The fourth-order valence-electron chi connectivity index (χ4n) is 4.63. The Hall–Kier alpha value is -3.15. The van der Waals surface area contributed by atoms with Crippen LogP contribution in [0.4, 0.5) is 5.69 Å². The van der Waals surface area contributed by atoms with Gasteiger partial charge in [0.2, 0.25) is 17.7 Å². The van der Waals surface area contributed by atoms with E-state index in [9.17, 15) is 14.4 Å². The molecule has 3 amide bonds. The predicted molar refractivity (Wildman–Crippen MR) is 124 cm³/mol. The van der Waals surface area contributed by atoms with E-state index in [1.807, 2.05) is 55.5 Å². The summed E-state index contributed by atoms with van der Waals surface area (Å²) in [5.41, 5.74) is 3.26. The van der Waals surface area contributed by atoms with Crippen LogP contribution in [0, 0.1) is 0 Å². The summed E-state index contributed by atoms with van der Waals surface area (Å²) < 4.78 is 0. The largest absolute Gasteiger partial charge is 0.347 e. The van der Waals surface area contributed by atoms with Gasteiger partial charge in [-0.05, 0) is 48.1 Å². The minimum absolute atomic E-state index is 0.0159. The van der Waals surface area contributed by atoms with Crippen molar-refractivity contribution in [2.24, 2.45) is 0 Å². The summed E-state index contributed by atoms with van der Waals surface area (Å²) in [6, 6.07) is 15.2. The van der Waals surface area contributed by atoms with Gasteiger partial charge in [-0.2, -0.15) is 0 Å². The Kier molecular flexibility index (Phi) is 6.04. The standard InChI is InChI=1S/C26H31N3O3/c1-4-8-23(30)27-21-12-11-18-16-22(24(31)28(2)3)29(17-19(18)15-21)25(32)26(13-14-26)20-9-6-5-7-10-20/h5-7,9-12,15,22H,4,8,13-14,16-17H2,1-3H3,(H,27,30). The van der Waals surface area contributed by atoms with Crippen molar-refractivity contribution < 1.29 is 14.4 Å². The van der Waals surface area contributed by atoms with Crippen LogP contribution in [0.3, 0.4) is 0 Å². The van der Waals surface area contributed by atoms with Gasteiger partial charge in [-0.15, -0.1) is 0 Å². The highest BCUT2D eigenvalue weighted by molar-refractivity contribution is 5.96. The lowest BCUT2D eigenvalue weighted by molar-refractivity contribution is -0.147. The molecule has 0 radical (unpaired) electrons. The molecule has 1 heterocycles. The van der Waals surface area contributed by atoms with Gasteiger partial charge in [0.05, 0.1) is 5.41 Å².